The van der Waals surface area contributed by atoms with Gasteiger partial charge in [0.15, 0.2) is 0 Å². The maximum absolute atomic E-state index is 10.6. The minimum absolute atomic E-state index is 0.410. The first-order chi connectivity index (χ1) is 6.31. The molecule has 0 fully saturated rings. The van der Waals surface area contributed by atoms with Gasteiger partial charge in [-0.1, -0.05) is 48.0 Å². The van der Waals surface area contributed by atoms with E-state index in [4.69, 9.17) is 0 Å². The fourth-order valence-electron chi connectivity index (χ4n) is 2.28. The molecular weight excluding hydrogens is 172 g/mol. The van der Waals surface area contributed by atoms with Gasteiger partial charge >= 0.3 is 0 Å². The van der Waals surface area contributed by atoms with E-state index in [-0.39, 0.29) is 0 Å². The maximum Gasteiger partial charge on any atom is 0.0678 e. The Kier molecular flexibility index (Phi) is 5.73. The summed E-state index contributed by atoms with van der Waals surface area (Å²) in [6.07, 6.45) is 2.93. The highest BCUT2D eigenvalue weighted by molar-refractivity contribution is 4.85. The molecule has 0 heterocycles. The topological polar surface area (TPSA) is 20.2 Å². The lowest BCUT2D eigenvalue weighted by atomic mass is 9.75. The van der Waals surface area contributed by atoms with Crippen LogP contribution in [0.25, 0.3) is 0 Å². The fourth-order valence-corrected chi connectivity index (χ4v) is 2.28. The van der Waals surface area contributed by atoms with Crippen LogP contribution in [0, 0.1) is 17.8 Å². The van der Waals surface area contributed by atoms with Gasteiger partial charge in [0.1, 0.15) is 0 Å². The van der Waals surface area contributed by atoms with Gasteiger partial charge in [-0.25, -0.2) is 0 Å². The van der Waals surface area contributed by atoms with E-state index in [9.17, 15) is 5.11 Å². The zero-order valence-corrected chi connectivity index (χ0v) is 10.8. The van der Waals surface area contributed by atoms with E-state index in [0.717, 1.165) is 19.3 Å². The van der Waals surface area contributed by atoms with E-state index in [2.05, 4.69) is 41.5 Å². The van der Waals surface area contributed by atoms with E-state index >= 15 is 0 Å². The van der Waals surface area contributed by atoms with Crippen molar-refractivity contribution in [1.82, 2.24) is 0 Å². The average Bonchev–Trinajstić information content (AvgIpc) is 1.99. The van der Waals surface area contributed by atoms with Crippen molar-refractivity contribution >= 4 is 0 Å². The zero-order chi connectivity index (χ0) is 11.4. The molecule has 1 atom stereocenters. The van der Waals surface area contributed by atoms with Crippen molar-refractivity contribution in [3.63, 3.8) is 0 Å². The molecule has 0 aliphatic heterocycles. The predicted octanol–water partition coefficient (Wildman–Crippen LogP) is 3.86. The Labute approximate surface area is 89.9 Å². The summed E-state index contributed by atoms with van der Waals surface area (Å²) < 4.78 is 0. The highest BCUT2D eigenvalue weighted by Gasteiger charge is 2.33. The highest BCUT2D eigenvalue weighted by Crippen LogP contribution is 2.33. The largest absolute Gasteiger partial charge is 0.390 e. The molecule has 0 aromatic rings. The lowest BCUT2D eigenvalue weighted by Crippen LogP contribution is -2.39. The van der Waals surface area contributed by atoms with Crippen LogP contribution in [-0.4, -0.2) is 10.7 Å². The van der Waals surface area contributed by atoms with E-state index in [0.29, 0.717) is 17.8 Å². The lowest BCUT2D eigenvalue weighted by Gasteiger charge is -2.36. The third-order valence-corrected chi connectivity index (χ3v) is 3.05. The second-order valence-electron chi connectivity index (χ2n) is 5.61. The van der Waals surface area contributed by atoms with Gasteiger partial charge < -0.3 is 5.11 Å². The third-order valence-electron chi connectivity index (χ3n) is 3.05. The molecule has 0 aromatic carbocycles. The Morgan fingerprint density at radius 3 is 1.50 bits per heavy atom. The van der Waals surface area contributed by atoms with Crippen molar-refractivity contribution < 1.29 is 5.11 Å². The van der Waals surface area contributed by atoms with Crippen molar-refractivity contribution in [3.05, 3.63) is 0 Å². The number of aliphatic hydroxyl groups is 1. The summed E-state index contributed by atoms with van der Waals surface area (Å²) in [4.78, 5) is 0. The van der Waals surface area contributed by atoms with Crippen molar-refractivity contribution in [1.29, 1.82) is 0 Å². The van der Waals surface area contributed by atoms with Gasteiger partial charge in [-0.15, -0.1) is 0 Å². The second kappa shape index (κ2) is 5.75. The van der Waals surface area contributed by atoms with Crippen molar-refractivity contribution in [2.45, 2.75) is 66.4 Å². The molecule has 0 radical (unpaired) electrons. The Bertz CT molecular complexity index is 139. The monoisotopic (exact) mass is 200 g/mol. The Morgan fingerprint density at radius 2 is 1.29 bits per heavy atom. The SMILES string of the molecule is CC[C@H](C)C(O)(CC(C)C)CC(C)C. The minimum atomic E-state index is -0.447. The molecule has 14 heavy (non-hydrogen) atoms. The van der Waals surface area contributed by atoms with Crippen LogP contribution in [-0.2, 0) is 0 Å². The molecule has 0 amide bonds. The quantitative estimate of drug-likeness (QED) is 0.690. The van der Waals surface area contributed by atoms with Crippen LogP contribution in [0.5, 0.6) is 0 Å². The Hall–Kier alpha value is -0.0400. The molecule has 0 aliphatic rings. The molecule has 1 nitrogen and oxygen atoms in total. The van der Waals surface area contributed by atoms with Crippen LogP contribution in [0.1, 0.15) is 60.8 Å². The van der Waals surface area contributed by atoms with E-state index in [1.54, 1.807) is 0 Å². The van der Waals surface area contributed by atoms with Crippen LogP contribution in [0.15, 0.2) is 0 Å². The van der Waals surface area contributed by atoms with Gasteiger partial charge in [-0.2, -0.15) is 0 Å². The van der Waals surface area contributed by atoms with Crippen LogP contribution in [0.4, 0.5) is 0 Å². The second-order valence-corrected chi connectivity index (χ2v) is 5.61. The highest BCUT2D eigenvalue weighted by atomic mass is 16.3. The lowest BCUT2D eigenvalue weighted by molar-refractivity contribution is -0.0473. The van der Waals surface area contributed by atoms with Crippen molar-refractivity contribution in [3.8, 4) is 0 Å². The van der Waals surface area contributed by atoms with Gasteiger partial charge in [0.25, 0.3) is 0 Å². The third kappa shape index (κ3) is 4.45. The van der Waals surface area contributed by atoms with Crippen LogP contribution in [0.2, 0.25) is 0 Å². The van der Waals surface area contributed by atoms with Crippen LogP contribution >= 0.6 is 0 Å². The van der Waals surface area contributed by atoms with Gasteiger partial charge in [0.2, 0.25) is 0 Å². The zero-order valence-electron chi connectivity index (χ0n) is 10.8. The van der Waals surface area contributed by atoms with Crippen molar-refractivity contribution in [2.75, 3.05) is 0 Å². The molecule has 0 bridgehead atoms. The summed E-state index contributed by atoms with van der Waals surface area (Å²) >= 11 is 0. The first-order valence-corrected chi connectivity index (χ1v) is 6.04. The molecule has 1 N–H and O–H groups in total. The summed E-state index contributed by atoms with van der Waals surface area (Å²) in [6, 6.07) is 0. The standard InChI is InChI=1S/C13H28O/c1-7-12(6)13(14,8-10(2)3)9-11(4)5/h10-12,14H,7-9H2,1-6H3/t12-/m0/s1. The van der Waals surface area contributed by atoms with Crippen LogP contribution in [0.3, 0.4) is 0 Å². The van der Waals surface area contributed by atoms with E-state index < -0.39 is 5.60 Å². The minimum Gasteiger partial charge on any atom is -0.390 e. The first kappa shape index (κ1) is 14.0. The molecule has 0 aromatic heterocycles. The summed E-state index contributed by atoms with van der Waals surface area (Å²) in [5.74, 6) is 1.56. The van der Waals surface area contributed by atoms with Gasteiger partial charge in [-0.05, 0) is 30.6 Å². The molecular formula is C13H28O. The summed E-state index contributed by atoms with van der Waals surface area (Å²) in [5, 5.41) is 10.6. The van der Waals surface area contributed by atoms with E-state index in [1.807, 2.05) is 0 Å². The van der Waals surface area contributed by atoms with E-state index in [1.165, 1.54) is 0 Å². The Balaban J connectivity index is 4.48. The number of hydrogen-bond acceptors (Lipinski definition) is 1. The van der Waals surface area contributed by atoms with Crippen molar-refractivity contribution in [2.24, 2.45) is 17.8 Å². The van der Waals surface area contributed by atoms with Crippen LogP contribution < -0.4 is 0 Å². The molecule has 0 aliphatic carbocycles. The first-order valence-electron chi connectivity index (χ1n) is 6.04. The summed E-state index contributed by atoms with van der Waals surface area (Å²) in [7, 11) is 0. The molecule has 0 unspecified atom stereocenters. The maximum atomic E-state index is 10.6. The molecule has 1 heteroatoms. The molecule has 86 valence electrons. The molecule has 0 saturated heterocycles. The van der Waals surface area contributed by atoms with Gasteiger partial charge in [-0.3, -0.25) is 0 Å². The molecule has 0 rings (SSSR count). The Morgan fingerprint density at radius 1 is 0.929 bits per heavy atom. The normalized spacial score (nSPS) is 15.2. The molecule has 0 saturated carbocycles. The van der Waals surface area contributed by atoms with Gasteiger partial charge in [0.05, 0.1) is 5.60 Å². The average molecular weight is 200 g/mol. The number of rotatable bonds is 6. The fraction of sp³-hybridized carbons (Fsp3) is 1.00. The molecule has 0 spiro atoms. The predicted molar refractivity (Wildman–Crippen MR) is 63.3 cm³/mol. The smallest absolute Gasteiger partial charge is 0.0678 e. The summed E-state index contributed by atoms with van der Waals surface area (Å²) in [5.41, 5.74) is -0.447. The summed E-state index contributed by atoms with van der Waals surface area (Å²) in [6.45, 7) is 13.1. The van der Waals surface area contributed by atoms with Gasteiger partial charge in [0, 0.05) is 0 Å². The number of hydrogen-bond donors (Lipinski definition) is 1.